The van der Waals surface area contributed by atoms with Crippen LogP contribution in [0.2, 0.25) is 0 Å². The largest absolute Gasteiger partial charge is 0.444 e. The summed E-state index contributed by atoms with van der Waals surface area (Å²) in [5.41, 5.74) is 0.552. The molecule has 8 heteroatoms. The van der Waals surface area contributed by atoms with Crippen molar-refractivity contribution in [1.82, 2.24) is 14.8 Å². The molecule has 0 radical (unpaired) electrons. The molecule has 0 atom stereocenters. The second-order valence-electron chi connectivity index (χ2n) is 9.98. The highest BCUT2D eigenvalue weighted by molar-refractivity contribution is 5.92. The summed E-state index contributed by atoms with van der Waals surface area (Å²) in [6.07, 6.45) is 4.88. The van der Waals surface area contributed by atoms with Crippen LogP contribution in [0.1, 0.15) is 58.4 Å². The SMILES string of the molecule is Cc1ccnc(NC(=O)C2CCN(C(=O)CC3CCN(C(=O)OC(C)(C)C)CC3)CC2)c1. The van der Waals surface area contributed by atoms with Gasteiger partial charge < -0.3 is 19.9 Å². The lowest BCUT2D eigenvalue weighted by Crippen LogP contribution is -2.44. The van der Waals surface area contributed by atoms with Crippen molar-refractivity contribution in [2.45, 2.75) is 65.4 Å². The number of rotatable bonds is 4. The Morgan fingerprint density at radius 2 is 1.69 bits per heavy atom. The minimum atomic E-state index is -0.497. The number of hydrogen-bond donors (Lipinski definition) is 1. The highest BCUT2D eigenvalue weighted by Gasteiger charge is 2.31. The van der Waals surface area contributed by atoms with E-state index in [1.165, 1.54) is 0 Å². The normalized spacial score (nSPS) is 18.4. The molecule has 3 rings (SSSR count). The molecule has 2 saturated heterocycles. The van der Waals surface area contributed by atoms with Crippen molar-refractivity contribution in [3.8, 4) is 0 Å². The molecule has 1 aromatic rings. The molecule has 1 N–H and O–H groups in total. The average Bonchev–Trinajstić information content (AvgIpc) is 2.73. The van der Waals surface area contributed by atoms with E-state index >= 15 is 0 Å². The Bertz CT molecular complexity index is 820. The lowest BCUT2D eigenvalue weighted by atomic mass is 9.91. The van der Waals surface area contributed by atoms with Crippen LogP contribution in [0.25, 0.3) is 0 Å². The van der Waals surface area contributed by atoms with E-state index in [1.807, 2.05) is 44.7 Å². The van der Waals surface area contributed by atoms with Crippen LogP contribution < -0.4 is 5.32 Å². The Morgan fingerprint density at radius 3 is 2.28 bits per heavy atom. The molecule has 0 saturated carbocycles. The molecule has 32 heavy (non-hydrogen) atoms. The minimum Gasteiger partial charge on any atom is -0.444 e. The summed E-state index contributed by atoms with van der Waals surface area (Å²) >= 11 is 0. The van der Waals surface area contributed by atoms with Crippen LogP contribution in [-0.4, -0.2) is 64.5 Å². The van der Waals surface area contributed by atoms with E-state index in [-0.39, 0.29) is 29.7 Å². The number of ether oxygens (including phenoxy) is 1. The van der Waals surface area contributed by atoms with Crippen molar-refractivity contribution in [1.29, 1.82) is 0 Å². The van der Waals surface area contributed by atoms with Gasteiger partial charge in [-0.3, -0.25) is 9.59 Å². The summed E-state index contributed by atoms with van der Waals surface area (Å²) in [6.45, 7) is 10.0. The van der Waals surface area contributed by atoms with Crippen molar-refractivity contribution >= 4 is 23.7 Å². The second kappa shape index (κ2) is 10.3. The number of carbonyl (C=O) groups is 3. The Kier molecular flexibility index (Phi) is 7.74. The van der Waals surface area contributed by atoms with E-state index in [0.29, 0.717) is 51.3 Å². The van der Waals surface area contributed by atoms with E-state index < -0.39 is 5.60 Å². The molecule has 0 aliphatic carbocycles. The molecule has 0 spiro atoms. The monoisotopic (exact) mass is 444 g/mol. The van der Waals surface area contributed by atoms with Gasteiger partial charge in [0.1, 0.15) is 11.4 Å². The number of amides is 3. The average molecular weight is 445 g/mol. The summed E-state index contributed by atoms with van der Waals surface area (Å²) in [4.78, 5) is 45.3. The lowest BCUT2D eigenvalue weighted by Gasteiger charge is -2.35. The number of carbonyl (C=O) groups excluding carboxylic acids is 3. The maximum absolute atomic E-state index is 12.8. The van der Waals surface area contributed by atoms with Crippen LogP contribution in [0.3, 0.4) is 0 Å². The molecule has 1 aromatic heterocycles. The molecule has 8 nitrogen and oxygen atoms in total. The highest BCUT2D eigenvalue weighted by atomic mass is 16.6. The van der Waals surface area contributed by atoms with Crippen molar-refractivity contribution in [3.05, 3.63) is 23.9 Å². The van der Waals surface area contributed by atoms with Gasteiger partial charge in [-0.25, -0.2) is 9.78 Å². The van der Waals surface area contributed by atoms with Crippen molar-refractivity contribution < 1.29 is 19.1 Å². The quantitative estimate of drug-likeness (QED) is 0.766. The van der Waals surface area contributed by atoms with Crippen LogP contribution >= 0.6 is 0 Å². The Labute approximate surface area is 190 Å². The van der Waals surface area contributed by atoms with Crippen LogP contribution in [0.5, 0.6) is 0 Å². The molecule has 0 aromatic carbocycles. The number of hydrogen-bond acceptors (Lipinski definition) is 5. The third kappa shape index (κ3) is 6.93. The third-order valence-corrected chi connectivity index (χ3v) is 6.11. The number of nitrogens with one attached hydrogen (secondary N) is 1. The fraction of sp³-hybridized carbons (Fsp3) is 0.667. The number of likely N-dealkylation sites (tertiary alicyclic amines) is 2. The van der Waals surface area contributed by atoms with Crippen LogP contribution in [0, 0.1) is 18.8 Å². The molecular weight excluding hydrogens is 408 g/mol. The van der Waals surface area contributed by atoms with Crippen molar-refractivity contribution in [3.63, 3.8) is 0 Å². The summed E-state index contributed by atoms with van der Waals surface area (Å²) in [6, 6.07) is 3.74. The van der Waals surface area contributed by atoms with E-state index in [1.54, 1.807) is 11.1 Å². The Balaban J connectivity index is 1.38. The van der Waals surface area contributed by atoms with Gasteiger partial charge in [0, 0.05) is 44.7 Å². The summed E-state index contributed by atoms with van der Waals surface area (Å²) in [5.74, 6) is 0.893. The second-order valence-corrected chi connectivity index (χ2v) is 9.98. The first-order chi connectivity index (χ1) is 15.1. The first-order valence-corrected chi connectivity index (χ1v) is 11.6. The Morgan fingerprint density at radius 1 is 1.06 bits per heavy atom. The standard InChI is InChI=1S/C24H36N4O4/c1-17-5-10-25-20(15-17)26-22(30)19-8-13-27(14-9-19)21(29)16-18-6-11-28(12-7-18)23(31)32-24(2,3)4/h5,10,15,18-19H,6-9,11-14,16H2,1-4H3,(H,25,26,30). The molecule has 176 valence electrons. The topological polar surface area (TPSA) is 91.8 Å². The smallest absolute Gasteiger partial charge is 0.410 e. The molecule has 3 heterocycles. The molecule has 3 amide bonds. The van der Waals surface area contributed by atoms with Gasteiger partial charge in [-0.05, 0) is 77.0 Å². The first-order valence-electron chi connectivity index (χ1n) is 11.6. The van der Waals surface area contributed by atoms with Gasteiger partial charge in [-0.1, -0.05) is 0 Å². The molecule has 2 aliphatic rings. The Hall–Kier alpha value is -2.64. The number of pyridine rings is 1. The fourth-order valence-electron chi connectivity index (χ4n) is 4.25. The zero-order valence-electron chi connectivity index (χ0n) is 19.7. The third-order valence-electron chi connectivity index (χ3n) is 6.11. The summed E-state index contributed by atoms with van der Waals surface area (Å²) in [5, 5.41) is 2.89. The van der Waals surface area contributed by atoms with E-state index in [0.717, 1.165) is 18.4 Å². The molecular formula is C24H36N4O4. The van der Waals surface area contributed by atoms with Gasteiger partial charge >= 0.3 is 6.09 Å². The van der Waals surface area contributed by atoms with Gasteiger partial charge in [-0.15, -0.1) is 0 Å². The highest BCUT2D eigenvalue weighted by Crippen LogP contribution is 2.25. The zero-order chi connectivity index (χ0) is 23.3. The van der Waals surface area contributed by atoms with E-state index in [4.69, 9.17) is 4.74 Å². The maximum atomic E-state index is 12.8. The van der Waals surface area contributed by atoms with Gasteiger partial charge in [0.25, 0.3) is 0 Å². The van der Waals surface area contributed by atoms with Crippen LogP contribution in [-0.2, 0) is 14.3 Å². The van der Waals surface area contributed by atoms with Gasteiger partial charge in [0.2, 0.25) is 11.8 Å². The number of piperidine rings is 2. The van der Waals surface area contributed by atoms with Gasteiger partial charge in [-0.2, -0.15) is 0 Å². The lowest BCUT2D eigenvalue weighted by molar-refractivity contribution is -0.135. The predicted octanol–water partition coefficient (Wildman–Crippen LogP) is 3.60. The predicted molar refractivity (Wildman–Crippen MR) is 122 cm³/mol. The number of aryl methyl sites for hydroxylation is 1. The molecule has 2 aliphatic heterocycles. The van der Waals surface area contributed by atoms with Crippen molar-refractivity contribution in [2.24, 2.45) is 11.8 Å². The molecule has 0 unspecified atom stereocenters. The fourth-order valence-corrected chi connectivity index (χ4v) is 4.25. The molecule has 0 bridgehead atoms. The maximum Gasteiger partial charge on any atom is 0.410 e. The van der Waals surface area contributed by atoms with Crippen molar-refractivity contribution in [2.75, 3.05) is 31.5 Å². The van der Waals surface area contributed by atoms with E-state index in [9.17, 15) is 14.4 Å². The number of anilines is 1. The number of aromatic nitrogens is 1. The molecule has 2 fully saturated rings. The van der Waals surface area contributed by atoms with Crippen LogP contribution in [0.4, 0.5) is 10.6 Å². The number of nitrogens with zero attached hydrogens (tertiary/aromatic N) is 3. The first kappa shape index (κ1) is 24.0. The zero-order valence-corrected chi connectivity index (χ0v) is 19.7. The summed E-state index contributed by atoms with van der Waals surface area (Å²) in [7, 11) is 0. The van der Waals surface area contributed by atoms with Crippen LogP contribution in [0.15, 0.2) is 18.3 Å². The van der Waals surface area contributed by atoms with E-state index in [2.05, 4.69) is 10.3 Å². The van der Waals surface area contributed by atoms with Gasteiger partial charge in [0.15, 0.2) is 0 Å². The van der Waals surface area contributed by atoms with Gasteiger partial charge in [0.05, 0.1) is 0 Å². The summed E-state index contributed by atoms with van der Waals surface area (Å²) < 4.78 is 5.44. The minimum absolute atomic E-state index is 0.0234.